The van der Waals surface area contributed by atoms with Crippen LogP contribution in [0.25, 0.3) is 11.1 Å². The van der Waals surface area contributed by atoms with E-state index in [1.54, 1.807) is 19.2 Å². The van der Waals surface area contributed by atoms with Gasteiger partial charge in [-0.2, -0.15) is 0 Å². The zero-order chi connectivity index (χ0) is 41.9. The molecule has 11 nitrogen and oxygen atoms in total. The van der Waals surface area contributed by atoms with Crippen LogP contribution >= 0.6 is 0 Å². The molecule has 320 valence electrons. The number of methoxy groups -OCH3 is 2. The van der Waals surface area contributed by atoms with Gasteiger partial charge in [0.25, 0.3) is 0 Å². The first-order valence-corrected chi connectivity index (χ1v) is 21.9. The molecule has 11 heteroatoms. The number of aliphatic hydroxyl groups is 3. The lowest BCUT2D eigenvalue weighted by atomic mass is 9.66. The van der Waals surface area contributed by atoms with Crippen LogP contribution < -0.4 is 34.3 Å². The van der Waals surface area contributed by atoms with Gasteiger partial charge in [0.1, 0.15) is 17.2 Å². The molecular formula is C49H60N2O9. The van der Waals surface area contributed by atoms with Crippen molar-refractivity contribution < 1.29 is 44.1 Å². The average Bonchev–Trinajstić information content (AvgIpc) is 3.24. The van der Waals surface area contributed by atoms with Crippen LogP contribution in [0.15, 0.2) is 48.5 Å². The number of fused-ring (bicyclic) bond motifs is 3. The molecule has 5 aliphatic rings. The monoisotopic (exact) mass is 820 g/mol. The maximum atomic E-state index is 12.5. The first-order valence-electron chi connectivity index (χ1n) is 21.9. The molecule has 0 bridgehead atoms. The van der Waals surface area contributed by atoms with Gasteiger partial charge >= 0.3 is 0 Å². The Morgan fingerprint density at radius 1 is 0.883 bits per heavy atom. The van der Waals surface area contributed by atoms with Crippen LogP contribution in [0.4, 0.5) is 5.69 Å². The van der Waals surface area contributed by atoms with E-state index in [9.17, 15) is 20.4 Å². The normalized spacial score (nSPS) is 23.5. The lowest BCUT2D eigenvalue weighted by molar-refractivity contribution is -0.00334. The topological polar surface area (TPSA) is 151 Å². The maximum Gasteiger partial charge on any atom is 0.200 e. The van der Waals surface area contributed by atoms with Crippen molar-refractivity contribution >= 4 is 5.69 Å². The molecule has 0 amide bonds. The Bertz CT molecular complexity index is 2260. The lowest BCUT2D eigenvalue weighted by Crippen LogP contribution is -2.51. The van der Waals surface area contributed by atoms with Gasteiger partial charge in [-0.25, -0.2) is 0 Å². The summed E-state index contributed by atoms with van der Waals surface area (Å²) >= 11 is 0. The molecule has 0 spiro atoms. The molecule has 1 fully saturated rings. The van der Waals surface area contributed by atoms with Crippen LogP contribution in [0.1, 0.15) is 129 Å². The fourth-order valence-electron chi connectivity index (χ4n) is 11.1. The summed E-state index contributed by atoms with van der Waals surface area (Å²) in [5.74, 6) is 1.55. The molecule has 2 aliphatic heterocycles. The first kappa shape index (κ1) is 40.7. The quantitative estimate of drug-likeness (QED) is 0.0767. The van der Waals surface area contributed by atoms with Gasteiger partial charge in [0.2, 0.25) is 5.75 Å². The summed E-state index contributed by atoms with van der Waals surface area (Å²) in [6, 6.07) is 15.8. The number of aromatic hydroxyl groups is 1. The fraction of sp³-hybridized carbons (Fsp3) is 0.510. The third kappa shape index (κ3) is 6.82. The molecule has 0 saturated heterocycles. The van der Waals surface area contributed by atoms with Crippen molar-refractivity contribution in [2.75, 3.05) is 45.9 Å². The largest absolute Gasteiger partial charge is 0.502 e. The van der Waals surface area contributed by atoms with E-state index in [0.29, 0.717) is 46.8 Å². The van der Waals surface area contributed by atoms with Crippen LogP contribution in [0.2, 0.25) is 0 Å². The SMILES string of the molecule is CCNC1(Oc2cc(OC)c3c4c2[C@@H](O)Nc2cc5c(c(c2-4)CC3)[C@@H](O)[C@H](c2cc(OC)c(O)c(OC[C@H](CO)[C@H]3CCC(C)(C)c4ccccc43)c2)CO5)CCCCC1. The van der Waals surface area contributed by atoms with Gasteiger partial charge < -0.3 is 49.4 Å². The van der Waals surface area contributed by atoms with Crippen LogP contribution in [0.5, 0.6) is 34.5 Å². The number of hydrogen-bond acceptors (Lipinski definition) is 11. The van der Waals surface area contributed by atoms with Gasteiger partial charge in [0, 0.05) is 71.4 Å². The molecule has 3 aliphatic carbocycles. The molecule has 9 rings (SSSR count). The summed E-state index contributed by atoms with van der Waals surface area (Å²) in [4.78, 5) is 0. The number of aliphatic hydroxyl groups excluding tert-OH is 3. The Labute approximate surface area is 353 Å². The van der Waals surface area contributed by atoms with E-state index in [1.165, 1.54) is 24.7 Å². The van der Waals surface area contributed by atoms with E-state index < -0.39 is 24.0 Å². The van der Waals surface area contributed by atoms with E-state index >= 15 is 0 Å². The minimum Gasteiger partial charge on any atom is -0.502 e. The van der Waals surface area contributed by atoms with Gasteiger partial charge in [0.15, 0.2) is 23.5 Å². The Hall–Kier alpha value is -4.68. The summed E-state index contributed by atoms with van der Waals surface area (Å²) in [6.07, 6.45) is 6.18. The highest BCUT2D eigenvalue weighted by atomic mass is 16.5. The van der Waals surface area contributed by atoms with E-state index in [0.717, 1.165) is 73.0 Å². The zero-order valence-electron chi connectivity index (χ0n) is 35.5. The van der Waals surface area contributed by atoms with Crippen molar-refractivity contribution in [3.63, 3.8) is 0 Å². The van der Waals surface area contributed by atoms with Gasteiger partial charge in [-0.15, -0.1) is 0 Å². The highest BCUT2D eigenvalue weighted by Crippen LogP contribution is 2.58. The fourth-order valence-corrected chi connectivity index (χ4v) is 11.1. The molecule has 2 heterocycles. The molecule has 4 aromatic rings. The highest BCUT2D eigenvalue weighted by Gasteiger charge is 2.43. The molecule has 60 heavy (non-hydrogen) atoms. The molecular weight excluding hydrogens is 761 g/mol. The smallest absolute Gasteiger partial charge is 0.200 e. The predicted molar refractivity (Wildman–Crippen MR) is 230 cm³/mol. The highest BCUT2D eigenvalue weighted by molar-refractivity contribution is 5.93. The lowest BCUT2D eigenvalue weighted by Gasteiger charge is -2.42. The molecule has 6 N–H and O–H groups in total. The van der Waals surface area contributed by atoms with Gasteiger partial charge in [0.05, 0.1) is 39.1 Å². The van der Waals surface area contributed by atoms with Crippen molar-refractivity contribution in [2.45, 2.75) is 114 Å². The number of ether oxygens (including phenoxy) is 5. The number of rotatable bonds is 12. The van der Waals surface area contributed by atoms with Crippen LogP contribution in [-0.4, -0.2) is 66.7 Å². The number of benzene rings is 4. The van der Waals surface area contributed by atoms with Crippen LogP contribution in [-0.2, 0) is 18.3 Å². The van der Waals surface area contributed by atoms with Crippen molar-refractivity contribution in [1.29, 1.82) is 0 Å². The molecule has 0 aromatic heterocycles. The second kappa shape index (κ2) is 16.0. The molecule has 5 atom stereocenters. The Kier molecular flexibility index (Phi) is 10.8. The molecule has 1 saturated carbocycles. The first-order chi connectivity index (χ1) is 29.0. The number of nitrogens with one attached hydrogen (secondary N) is 2. The molecule has 0 unspecified atom stereocenters. The summed E-state index contributed by atoms with van der Waals surface area (Å²) in [7, 11) is 3.17. The Morgan fingerprint density at radius 2 is 1.63 bits per heavy atom. The number of anilines is 1. The van der Waals surface area contributed by atoms with Crippen molar-refractivity contribution in [2.24, 2.45) is 5.92 Å². The minimum absolute atomic E-state index is 0.0464. The van der Waals surface area contributed by atoms with Gasteiger partial charge in [-0.05, 0) is 90.8 Å². The van der Waals surface area contributed by atoms with Gasteiger partial charge in [-0.1, -0.05) is 51.5 Å². The van der Waals surface area contributed by atoms with Crippen molar-refractivity contribution in [3.8, 4) is 45.6 Å². The molecule has 0 radical (unpaired) electrons. The Morgan fingerprint density at radius 3 is 2.38 bits per heavy atom. The number of phenolic OH excluding ortho intramolecular Hbond substituents is 1. The van der Waals surface area contributed by atoms with E-state index in [1.807, 2.05) is 12.1 Å². The van der Waals surface area contributed by atoms with Gasteiger partial charge in [-0.3, -0.25) is 5.32 Å². The number of phenols is 1. The van der Waals surface area contributed by atoms with E-state index in [-0.39, 0.29) is 54.3 Å². The maximum absolute atomic E-state index is 12.5. The second-order valence-corrected chi connectivity index (χ2v) is 18.1. The van der Waals surface area contributed by atoms with Crippen LogP contribution in [0, 0.1) is 5.92 Å². The summed E-state index contributed by atoms with van der Waals surface area (Å²) in [6.45, 7) is 7.67. The third-order valence-electron chi connectivity index (χ3n) is 14.2. The van der Waals surface area contributed by atoms with Crippen molar-refractivity contribution in [1.82, 2.24) is 5.32 Å². The predicted octanol–water partition coefficient (Wildman–Crippen LogP) is 8.29. The standard InChI is InChI=1S/C49H60N2O9/c1-6-50-49(17-10-7-11-18-49)60-38-23-36(56-4)31-14-15-32-41-35(51-47(55)44(38)43(31)41)22-37-42(32)45(53)33(26-59-37)27-20-39(57-5)46(54)40(21-27)58-25-28(24-52)29-16-19-48(2,3)34-13-9-8-12-30(29)34/h8-9,12-13,20-23,28-29,33,45,47,50-55H,6-7,10-11,14-19,24-26H2,1-5H3/t28-,29+,33-,45-,47+/m0/s1. The summed E-state index contributed by atoms with van der Waals surface area (Å²) in [5, 5.41) is 53.3. The average molecular weight is 821 g/mol. The summed E-state index contributed by atoms with van der Waals surface area (Å²) in [5.41, 5.74) is 8.61. The minimum atomic E-state index is -1.03. The van der Waals surface area contributed by atoms with E-state index in [4.69, 9.17) is 23.7 Å². The Balaban J connectivity index is 1.06. The second-order valence-electron chi connectivity index (χ2n) is 18.1. The van der Waals surface area contributed by atoms with E-state index in [2.05, 4.69) is 55.7 Å². The number of hydrogen-bond donors (Lipinski definition) is 6. The van der Waals surface area contributed by atoms with Crippen molar-refractivity contribution in [3.05, 3.63) is 87.5 Å². The third-order valence-corrected chi connectivity index (χ3v) is 14.2. The molecule has 4 aromatic carbocycles. The summed E-state index contributed by atoms with van der Waals surface area (Å²) < 4.78 is 31.5. The van der Waals surface area contributed by atoms with Crippen LogP contribution in [0.3, 0.4) is 0 Å². The zero-order valence-corrected chi connectivity index (χ0v) is 35.5.